The summed E-state index contributed by atoms with van der Waals surface area (Å²) in [5.41, 5.74) is 9.39. The Labute approximate surface area is 137 Å². The average molecular weight is 314 g/mol. The first-order valence-electron chi connectivity index (χ1n) is 7.67. The van der Waals surface area contributed by atoms with Crippen LogP contribution in [0.3, 0.4) is 0 Å². The Bertz CT molecular complexity index is 633. The van der Waals surface area contributed by atoms with Gasteiger partial charge >= 0.3 is 7.12 Å². The number of hydrogen-bond acceptors (Lipinski definition) is 5. The van der Waals surface area contributed by atoms with Crippen LogP contribution in [0.25, 0.3) is 0 Å². The fraction of sp³-hybridized carbons (Fsp3) is 0.294. The van der Waals surface area contributed by atoms with E-state index >= 15 is 0 Å². The predicted octanol–water partition coefficient (Wildman–Crippen LogP) is 1.58. The maximum atomic E-state index is 9.61. The zero-order chi connectivity index (χ0) is 16.8. The van der Waals surface area contributed by atoms with Gasteiger partial charge in [0.05, 0.1) is 6.10 Å². The molecule has 0 radical (unpaired) electrons. The second-order valence-corrected chi connectivity index (χ2v) is 5.73. The second kappa shape index (κ2) is 8.01. The Hall–Kier alpha value is -2.02. The highest BCUT2D eigenvalue weighted by molar-refractivity contribution is 6.59. The number of hydrazine groups is 1. The molecule has 0 fully saturated rings. The molecule has 0 aliphatic heterocycles. The van der Waals surface area contributed by atoms with E-state index in [0.29, 0.717) is 17.8 Å². The number of hydrogen-bond donors (Lipinski definition) is 4. The minimum absolute atomic E-state index is 0.0592. The largest absolute Gasteiger partial charge is 0.492 e. The van der Waals surface area contributed by atoms with Gasteiger partial charge in [-0.3, -0.25) is 0 Å². The first-order chi connectivity index (χ1) is 11.0. The summed E-state index contributed by atoms with van der Waals surface area (Å²) in [6, 6.07) is 13.5. The summed E-state index contributed by atoms with van der Waals surface area (Å²) in [5.74, 6) is 0.517. The van der Waals surface area contributed by atoms with Crippen LogP contribution in [0.5, 0.6) is 5.75 Å². The molecule has 6 heteroatoms. The Morgan fingerprint density at radius 3 is 2.43 bits per heavy atom. The van der Waals surface area contributed by atoms with Crippen LogP contribution in [-0.4, -0.2) is 23.3 Å². The minimum Gasteiger partial charge on any atom is -0.491 e. The summed E-state index contributed by atoms with van der Waals surface area (Å²) in [7, 11) is -1.57. The van der Waals surface area contributed by atoms with Gasteiger partial charge in [0.2, 0.25) is 0 Å². The van der Waals surface area contributed by atoms with E-state index in [2.05, 4.69) is 10.9 Å². The fourth-order valence-corrected chi connectivity index (χ4v) is 2.34. The van der Waals surface area contributed by atoms with Gasteiger partial charge in [-0.05, 0) is 32.9 Å². The Balaban J connectivity index is 2.18. The summed E-state index contributed by atoms with van der Waals surface area (Å²) >= 11 is 0. The average Bonchev–Trinajstić information content (AvgIpc) is 2.50. The van der Waals surface area contributed by atoms with E-state index < -0.39 is 7.12 Å². The van der Waals surface area contributed by atoms with E-state index in [1.165, 1.54) is 0 Å². The molecule has 0 bridgehead atoms. The third kappa shape index (κ3) is 4.99. The SMILES string of the molecule is Cc1cc(CNNc2ccccc2)c(OC(C)C)c(B(O)O)c1. The molecule has 122 valence electrons. The molecule has 0 aliphatic carbocycles. The highest BCUT2D eigenvalue weighted by Gasteiger charge is 2.21. The number of benzene rings is 2. The van der Waals surface area contributed by atoms with Gasteiger partial charge in [-0.15, -0.1) is 0 Å². The number of ether oxygens (including phenoxy) is 1. The highest BCUT2D eigenvalue weighted by atomic mass is 16.5. The van der Waals surface area contributed by atoms with Gasteiger partial charge in [-0.2, -0.15) is 0 Å². The van der Waals surface area contributed by atoms with Gasteiger partial charge in [0.1, 0.15) is 5.75 Å². The fourth-order valence-electron chi connectivity index (χ4n) is 2.34. The van der Waals surface area contributed by atoms with Crippen molar-refractivity contribution in [1.29, 1.82) is 0 Å². The van der Waals surface area contributed by atoms with Crippen LogP contribution in [0.15, 0.2) is 42.5 Å². The summed E-state index contributed by atoms with van der Waals surface area (Å²) in [5, 5.41) is 19.2. The molecule has 2 rings (SSSR count). The van der Waals surface area contributed by atoms with Crippen LogP contribution in [0.2, 0.25) is 0 Å². The highest BCUT2D eigenvalue weighted by Crippen LogP contribution is 2.20. The van der Waals surface area contributed by atoms with Gasteiger partial charge < -0.3 is 20.2 Å². The molecule has 4 N–H and O–H groups in total. The first kappa shape index (κ1) is 17.3. The smallest absolute Gasteiger partial charge is 0.491 e. The number of aryl methyl sites for hydroxylation is 1. The first-order valence-corrected chi connectivity index (χ1v) is 7.67. The van der Waals surface area contributed by atoms with Gasteiger partial charge in [-0.1, -0.05) is 35.9 Å². The second-order valence-electron chi connectivity index (χ2n) is 5.73. The van der Waals surface area contributed by atoms with E-state index in [0.717, 1.165) is 16.8 Å². The molecule has 0 aliphatic rings. The predicted molar refractivity (Wildman–Crippen MR) is 93.7 cm³/mol. The molecule has 0 atom stereocenters. The molecule has 0 saturated carbocycles. The molecule has 0 saturated heterocycles. The molecule has 23 heavy (non-hydrogen) atoms. The molecule has 2 aromatic carbocycles. The van der Waals surface area contributed by atoms with Crippen molar-refractivity contribution in [2.75, 3.05) is 5.43 Å². The monoisotopic (exact) mass is 314 g/mol. The quantitative estimate of drug-likeness (QED) is 0.461. The van der Waals surface area contributed by atoms with Crippen molar-refractivity contribution in [3.63, 3.8) is 0 Å². The maximum Gasteiger partial charge on any atom is 0.492 e. The van der Waals surface area contributed by atoms with Crippen LogP contribution in [0, 0.1) is 6.92 Å². The molecular formula is C17H23BN2O3. The molecule has 0 spiro atoms. The summed E-state index contributed by atoms with van der Waals surface area (Å²) in [6.07, 6.45) is -0.0592. The molecule has 0 unspecified atom stereocenters. The van der Waals surface area contributed by atoms with Crippen molar-refractivity contribution in [2.24, 2.45) is 0 Å². The zero-order valence-electron chi connectivity index (χ0n) is 13.7. The summed E-state index contributed by atoms with van der Waals surface area (Å²) in [4.78, 5) is 0. The van der Waals surface area contributed by atoms with Gasteiger partial charge in [0.15, 0.2) is 0 Å². The van der Waals surface area contributed by atoms with Crippen molar-refractivity contribution >= 4 is 18.3 Å². The lowest BCUT2D eigenvalue weighted by Crippen LogP contribution is -2.34. The van der Waals surface area contributed by atoms with Crippen molar-refractivity contribution in [3.8, 4) is 5.75 Å². The lowest BCUT2D eigenvalue weighted by molar-refractivity contribution is 0.240. The molecule has 0 aromatic heterocycles. The van der Waals surface area contributed by atoms with Crippen molar-refractivity contribution in [3.05, 3.63) is 53.6 Å². The molecule has 0 heterocycles. The van der Waals surface area contributed by atoms with E-state index in [4.69, 9.17) is 4.74 Å². The Morgan fingerprint density at radius 2 is 1.83 bits per heavy atom. The van der Waals surface area contributed by atoms with Crippen molar-refractivity contribution in [2.45, 2.75) is 33.4 Å². The van der Waals surface area contributed by atoms with Crippen LogP contribution >= 0.6 is 0 Å². The van der Waals surface area contributed by atoms with Crippen LogP contribution in [0.1, 0.15) is 25.0 Å². The Morgan fingerprint density at radius 1 is 1.13 bits per heavy atom. The lowest BCUT2D eigenvalue weighted by Gasteiger charge is -2.20. The number of nitrogens with one attached hydrogen (secondary N) is 2. The van der Waals surface area contributed by atoms with Gasteiger partial charge in [0.25, 0.3) is 0 Å². The van der Waals surface area contributed by atoms with E-state index in [1.54, 1.807) is 6.07 Å². The number of rotatable bonds is 7. The lowest BCUT2D eigenvalue weighted by atomic mass is 9.77. The minimum atomic E-state index is -1.57. The number of anilines is 1. The third-order valence-corrected chi connectivity index (χ3v) is 3.26. The van der Waals surface area contributed by atoms with Crippen LogP contribution in [-0.2, 0) is 6.54 Å². The standard InChI is InChI=1S/C17H23BN2O3/c1-12(2)23-17-14(9-13(3)10-16(17)18(21)22)11-19-20-15-7-5-4-6-8-15/h4-10,12,19-22H,11H2,1-3H3. The summed E-state index contributed by atoms with van der Waals surface area (Å²) in [6.45, 7) is 6.22. The van der Waals surface area contributed by atoms with E-state index in [9.17, 15) is 10.0 Å². The van der Waals surface area contributed by atoms with Crippen molar-refractivity contribution < 1.29 is 14.8 Å². The van der Waals surface area contributed by atoms with Crippen LogP contribution in [0.4, 0.5) is 5.69 Å². The molecule has 2 aromatic rings. The molecule has 0 amide bonds. The van der Waals surface area contributed by atoms with E-state index in [1.807, 2.05) is 57.2 Å². The topological polar surface area (TPSA) is 73.8 Å². The zero-order valence-corrected chi connectivity index (χ0v) is 13.7. The number of para-hydroxylation sites is 1. The third-order valence-electron chi connectivity index (χ3n) is 3.26. The van der Waals surface area contributed by atoms with E-state index in [-0.39, 0.29) is 6.10 Å². The van der Waals surface area contributed by atoms with Crippen molar-refractivity contribution in [1.82, 2.24) is 5.43 Å². The van der Waals surface area contributed by atoms with Gasteiger partial charge in [0, 0.05) is 23.3 Å². The normalized spacial score (nSPS) is 10.7. The molecular weight excluding hydrogens is 291 g/mol. The Kier molecular flexibility index (Phi) is 6.04. The van der Waals surface area contributed by atoms with Crippen LogP contribution < -0.4 is 21.1 Å². The maximum absolute atomic E-state index is 9.61. The molecule has 5 nitrogen and oxygen atoms in total. The van der Waals surface area contributed by atoms with Gasteiger partial charge in [-0.25, -0.2) is 5.43 Å². The summed E-state index contributed by atoms with van der Waals surface area (Å²) < 4.78 is 5.81.